The van der Waals surface area contributed by atoms with Gasteiger partial charge in [-0.25, -0.2) is 15.0 Å². The van der Waals surface area contributed by atoms with E-state index >= 15 is 0 Å². The van der Waals surface area contributed by atoms with Crippen LogP contribution in [-0.2, 0) is 4.79 Å². The molecule has 0 aliphatic heterocycles. The van der Waals surface area contributed by atoms with Gasteiger partial charge in [-0.3, -0.25) is 9.59 Å². The van der Waals surface area contributed by atoms with Crippen molar-refractivity contribution in [3.8, 4) is 23.0 Å². The number of benzene rings is 4. The van der Waals surface area contributed by atoms with E-state index in [4.69, 9.17) is 42.1 Å². The molecule has 4 aromatic carbocycles. The number of nitrogens with zero attached hydrogens (tertiary/aromatic N) is 1. The summed E-state index contributed by atoms with van der Waals surface area (Å²) in [5.41, 5.74) is 3.28. The largest absolute Gasteiger partial charge is 0.493 e. The third-order valence-electron chi connectivity index (χ3n) is 6.01. The molecule has 13 heteroatoms. The van der Waals surface area contributed by atoms with E-state index in [1.807, 2.05) is 0 Å². The molecule has 0 aliphatic carbocycles. The fraction of sp³-hybridized carbons (Fsp3) is 0.0938. The summed E-state index contributed by atoms with van der Waals surface area (Å²) in [5.74, 6) is -1.66. The van der Waals surface area contributed by atoms with Crippen LogP contribution in [0.5, 0.6) is 23.0 Å². The predicted molar refractivity (Wildman–Crippen MR) is 167 cm³/mol. The van der Waals surface area contributed by atoms with Gasteiger partial charge in [0.25, 0.3) is 11.8 Å². The molecule has 0 fully saturated rings. The molecular formula is C32H25Cl2N3O8. The highest BCUT2D eigenvalue weighted by Gasteiger charge is 2.16. The minimum atomic E-state index is -0.718. The lowest BCUT2D eigenvalue weighted by atomic mass is 10.2. The zero-order valence-corrected chi connectivity index (χ0v) is 25.3. The van der Waals surface area contributed by atoms with Crippen LogP contribution >= 0.6 is 23.2 Å². The molecule has 0 spiro atoms. The number of nitrogens with one attached hydrogen (secondary N) is 2. The molecule has 0 bridgehead atoms. The zero-order chi connectivity index (χ0) is 32.3. The Labute approximate surface area is 267 Å². The fourth-order valence-corrected chi connectivity index (χ4v) is 3.98. The zero-order valence-electron chi connectivity index (χ0n) is 23.8. The monoisotopic (exact) mass is 649 g/mol. The van der Waals surface area contributed by atoms with Crippen molar-refractivity contribution in [3.63, 3.8) is 0 Å². The van der Waals surface area contributed by atoms with E-state index in [0.717, 1.165) is 0 Å². The van der Waals surface area contributed by atoms with Gasteiger partial charge in [-0.2, -0.15) is 5.10 Å². The summed E-state index contributed by atoms with van der Waals surface area (Å²) in [7, 11) is 2.91. The first kappa shape index (κ1) is 32.5. The molecule has 2 amide bonds. The Morgan fingerprint density at radius 1 is 0.689 bits per heavy atom. The number of hydrogen-bond donors (Lipinski definition) is 2. The number of hydrazone groups is 1. The van der Waals surface area contributed by atoms with E-state index < -0.39 is 23.8 Å². The van der Waals surface area contributed by atoms with Crippen LogP contribution in [0, 0.1) is 0 Å². The molecule has 0 saturated carbocycles. The van der Waals surface area contributed by atoms with Gasteiger partial charge in [-0.1, -0.05) is 23.2 Å². The molecule has 0 saturated heterocycles. The van der Waals surface area contributed by atoms with Gasteiger partial charge >= 0.3 is 11.9 Å². The topological polar surface area (TPSA) is 142 Å². The Morgan fingerprint density at radius 2 is 1.27 bits per heavy atom. The van der Waals surface area contributed by atoms with Crippen molar-refractivity contribution in [3.05, 3.63) is 117 Å². The van der Waals surface area contributed by atoms with Gasteiger partial charge < -0.3 is 24.3 Å². The first-order chi connectivity index (χ1) is 21.7. The van der Waals surface area contributed by atoms with Crippen molar-refractivity contribution in [2.24, 2.45) is 5.10 Å². The molecule has 0 aliphatic rings. The van der Waals surface area contributed by atoms with Crippen molar-refractivity contribution in [2.45, 2.75) is 0 Å². The summed E-state index contributed by atoms with van der Waals surface area (Å²) in [4.78, 5) is 50.3. The van der Waals surface area contributed by atoms with Crippen LogP contribution in [0.15, 0.2) is 90.0 Å². The minimum absolute atomic E-state index is 0.0175. The predicted octanol–water partition coefficient (Wildman–Crippen LogP) is 5.33. The summed E-state index contributed by atoms with van der Waals surface area (Å²) >= 11 is 11.8. The maximum atomic E-state index is 12.8. The second-order valence-electron chi connectivity index (χ2n) is 9.04. The highest BCUT2D eigenvalue weighted by molar-refractivity contribution is 6.31. The number of halogens is 2. The Bertz CT molecular complexity index is 1740. The second-order valence-corrected chi connectivity index (χ2v) is 9.91. The van der Waals surface area contributed by atoms with Crippen LogP contribution in [0.1, 0.15) is 36.6 Å². The first-order valence-corrected chi connectivity index (χ1v) is 13.8. The smallest absolute Gasteiger partial charge is 0.343 e. The van der Waals surface area contributed by atoms with Crippen molar-refractivity contribution < 1.29 is 38.1 Å². The molecule has 0 radical (unpaired) electrons. The lowest BCUT2D eigenvalue weighted by Gasteiger charge is -2.11. The molecule has 4 rings (SSSR count). The standard InChI is InChI=1S/C32H25Cl2N3O8/c1-42-26-14-8-21(15-28(26)43-2)30(39)35-18-29(38)37-36-17-22-7-13-25(44-31(40)19-3-9-23(33)10-4-19)16-27(22)45-32(41)20-5-11-24(34)12-6-20/h3-17H,18H2,1-2H3,(H,35,39)(H,37,38)/b36-17+. The third-order valence-corrected chi connectivity index (χ3v) is 6.51. The lowest BCUT2D eigenvalue weighted by molar-refractivity contribution is -0.120. The number of amides is 2. The van der Waals surface area contributed by atoms with Crippen LogP contribution in [0.3, 0.4) is 0 Å². The summed E-state index contributed by atoms with van der Waals surface area (Å²) in [6, 6.07) is 21.0. The minimum Gasteiger partial charge on any atom is -0.493 e. The number of hydrogen-bond acceptors (Lipinski definition) is 9. The molecule has 4 aromatic rings. The summed E-state index contributed by atoms with van der Waals surface area (Å²) in [6.07, 6.45) is 1.23. The van der Waals surface area contributed by atoms with E-state index in [-0.39, 0.29) is 40.3 Å². The van der Waals surface area contributed by atoms with Crippen LogP contribution in [0.2, 0.25) is 10.0 Å². The van der Waals surface area contributed by atoms with Crippen LogP contribution in [0.25, 0.3) is 0 Å². The maximum absolute atomic E-state index is 12.8. The van der Waals surface area contributed by atoms with Gasteiger partial charge in [-0.05, 0) is 78.9 Å². The summed E-state index contributed by atoms with van der Waals surface area (Å²) in [5, 5.41) is 7.28. The fourth-order valence-electron chi connectivity index (χ4n) is 3.72. The van der Waals surface area contributed by atoms with Gasteiger partial charge in [0.1, 0.15) is 11.5 Å². The van der Waals surface area contributed by atoms with E-state index in [1.165, 1.54) is 87.2 Å². The van der Waals surface area contributed by atoms with Gasteiger partial charge in [0.05, 0.1) is 38.1 Å². The second kappa shape index (κ2) is 15.4. The lowest BCUT2D eigenvalue weighted by Crippen LogP contribution is -2.34. The highest BCUT2D eigenvalue weighted by Crippen LogP contribution is 2.28. The van der Waals surface area contributed by atoms with E-state index in [2.05, 4.69) is 15.8 Å². The van der Waals surface area contributed by atoms with Crippen LogP contribution in [0.4, 0.5) is 0 Å². The van der Waals surface area contributed by atoms with Crippen molar-refractivity contribution in [1.82, 2.24) is 10.7 Å². The third kappa shape index (κ3) is 9.05. The summed E-state index contributed by atoms with van der Waals surface area (Å²) in [6.45, 7) is -0.386. The van der Waals surface area contributed by atoms with Gasteiger partial charge in [0.2, 0.25) is 0 Å². The molecule has 0 atom stereocenters. The summed E-state index contributed by atoms with van der Waals surface area (Å²) < 4.78 is 21.4. The first-order valence-electron chi connectivity index (χ1n) is 13.1. The van der Waals surface area contributed by atoms with Gasteiger partial charge in [0, 0.05) is 27.2 Å². The Balaban J connectivity index is 1.44. The van der Waals surface area contributed by atoms with Crippen LogP contribution < -0.4 is 29.7 Å². The van der Waals surface area contributed by atoms with Gasteiger partial charge in [-0.15, -0.1) is 0 Å². The molecule has 2 N–H and O–H groups in total. The number of carbonyl (C=O) groups excluding carboxylic acids is 4. The molecule has 0 unspecified atom stereocenters. The molecule has 0 aromatic heterocycles. The highest BCUT2D eigenvalue weighted by atomic mass is 35.5. The van der Waals surface area contributed by atoms with Crippen molar-refractivity contribution in [1.29, 1.82) is 0 Å². The van der Waals surface area contributed by atoms with E-state index in [0.29, 0.717) is 21.5 Å². The number of ether oxygens (including phenoxy) is 4. The Morgan fingerprint density at radius 3 is 1.87 bits per heavy atom. The molecule has 0 heterocycles. The van der Waals surface area contributed by atoms with E-state index in [1.54, 1.807) is 18.2 Å². The number of esters is 2. The average molecular weight is 650 g/mol. The van der Waals surface area contributed by atoms with Crippen molar-refractivity contribution >= 4 is 53.2 Å². The number of rotatable bonds is 11. The molecule has 45 heavy (non-hydrogen) atoms. The number of methoxy groups -OCH3 is 2. The van der Waals surface area contributed by atoms with Crippen molar-refractivity contribution in [2.75, 3.05) is 20.8 Å². The SMILES string of the molecule is COc1ccc(C(=O)NCC(=O)N/N=C/c2ccc(OC(=O)c3ccc(Cl)cc3)cc2OC(=O)c2ccc(Cl)cc2)cc1OC. The average Bonchev–Trinajstić information content (AvgIpc) is 3.04. The number of carbonyl (C=O) groups is 4. The van der Waals surface area contributed by atoms with Gasteiger partial charge in [0.15, 0.2) is 11.5 Å². The quantitative estimate of drug-likeness (QED) is 0.0961. The normalized spacial score (nSPS) is 10.6. The molecule has 11 nitrogen and oxygen atoms in total. The Hall–Kier alpha value is -5.39. The van der Waals surface area contributed by atoms with E-state index in [9.17, 15) is 19.2 Å². The molecule has 230 valence electrons. The van der Waals surface area contributed by atoms with Crippen LogP contribution in [-0.4, -0.2) is 50.7 Å². The maximum Gasteiger partial charge on any atom is 0.343 e. The molecular weight excluding hydrogens is 625 g/mol. The Kier molecular flexibility index (Phi) is 11.1.